The smallest absolute Gasteiger partial charge is 0.265 e. The number of benzene rings is 1. The van der Waals surface area contributed by atoms with Crippen LogP contribution in [0, 0.1) is 0 Å². The largest absolute Gasteiger partial charge is 0.332 e. The van der Waals surface area contributed by atoms with Crippen molar-refractivity contribution in [1.82, 2.24) is 9.97 Å². The van der Waals surface area contributed by atoms with E-state index >= 15 is 0 Å². The molecule has 0 bridgehead atoms. The molecule has 6 heteroatoms. The first-order valence-corrected chi connectivity index (χ1v) is 6.06. The van der Waals surface area contributed by atoms with Crippen molar-refractivity contribution in [3.05, 3.63) is 28.0 Å². The average molecular weight is 340 g/mol. The van der Waals surface area contributed by atoms with Gasteiger partial charge in [0.2, 0.25) is 0 Å². The molecule has 0 aliphatic carbocycles. The molecule has 1 aromatic heterocycles. The lowest BCUT2D eigenvalue weighted by Gasteiger charge is -2.03. The molecule has 2 nitrogen and oxygen atoms in total. The average Bonchev–Trinajstić information content (AvgIpc) is 2.56. The van der Waals surface area contributed by atoms with Crippen LogP contribution in [0.3, 0.4) is 0 Å². The van der Waals surface area contributed by atoms with Gasteiger partial charge in [-0.25, -0.2) is 13.8 Å². The van der Waals surface area contributed by atoms with Crippen molar-refractivity contribution in [2.75, 3.05) is 0 Å². The maximum atomic E-state index is 12.7. The second-order valence-corrected chi connectivity index (χ2v) is 4.31. The van der Waals surface area contributed by atoms with Gasteiger partial charge < -0.3 is 4.98 Å². The number of hydrogen-bond donors (Lipinski definition) is 1. The summed E-state index contributed by atoms with van der Waals surface area (Å²) < 4.78 is 25.8. The van der Waals surface area contributed by atoms with Crippen molar-refractivity contribution in [1.29, 1.82) is 0 Å². The van der Waals surface area contributed by atoms with Crippen LogP contribution in [0.15, 0.2) is 16.9 Å². The van der Waals surface area contributed by atoms with Gasteiger partial charge in [0.05, 0.1) is 11.0 Å². The van der Waals surface area contributed by atoms with E-state index < -0.39 is 6.43 Å². The minimum absolute atomic E-state index is 0.0205. The molecule has 80 valence electrons. The van der Waals surface area contributed by atoms with Crippen LogP contribution in [0.4, 0.5) is 8.78 Å². The number of hydrogen-bond acceptors (Lipinski definition) is 1. The first-order chi connectivity index (χ1) is 7.13. The summed E-state index contributed by atoms with van der Waals surface area (Å²) in [5, 5.41) is 0.588. The van der Waals surface area contributed by atoms with Gasteiger partial charge in [-0.05, 0) is 21.5 Å². The van der Waals surface area contributed by atoms with E-state index in [1.54, 1.807) is 6.07 Å². The van der Waals surface area contributed by atoms with Gasteiger partial charge >= 0.3 is 0 Å². The number of aromatic amines is 1. The lowest BCUT2D eigenvalue weighted by molar-refractivity contribution is 0.153. The zero-order chi connectivity index (χ0) is 11.0. The summed E-state index contributed by atoms with van der Waals surface area (Å²) in [4.78, 5) is 6.91. The number of nitrogens with zero attached hydrogens (tertiary/aromatic N) is 1. The Morgan fingerprint density at radius 3 is 2.73 bits per heavy atom. The van der Waals surface area contributed by atoms with E-state index in [1.807, 2.05) is 0 Å². The molecule has 0 radical (unpaired) electrons. The Labute approximate surface area is 101 Å². The van der Waals surface area contributed by atoms with Crippen molar-refractivity contribution < 1.29 is 8.78 Å². The quantitative estimate of drug-likeness (QED) is 0.818. The van der Waals surface area contributed by atoms with Crippen molar-refractivity contribution in [3.63, 3.8) is 0 Å². The van der Waals surface area contributed by atoms with Crippen LogP contribution in [0.2, 0.25) is 0 Å². The molecule has 1 heterocycles. The van der Waals surface area contributed by atoms with Crippen LogP contribution in [0.1, 0.15) is 17.6 Å². The summed E-state index contributed by atoms with van der Waals surface area (Å²) in [7, 11) is 0. The fourth-order valence-electron chi connectivity index (χ4n) is 1.43. The Morgan fingerprint density at radius 2 is 2.13 bits per heavy atom. The van der Waals surface area contributed by atoms with Crippen molar-refractivity contribution in [2.24, 2.45) is 0 Å². The normalized spacial score (nSPS) is 11.5. The molecule has 0 saturated heterocycles. The minimum atomic E-state index is -2.50. The summed E-state index contributed by atoms with van der Waals surface area (Å²) in [6.45, 7) is 0. The molecule has 1 aromatic carbocycles. The molecule has 0 amide bonds. The molecule has 15 heavy (non-hydrogen) atoms. The number of fused-ring (bicyclic) bond motifs is 1. The highest BCUT2D eigenvalue weighted by atomic mass is 79.9. The zero-order valence-electron chi connectivity index (χ0n) is 7.40. The summed E-state index contributed by atoms with van der Waals surface area (Å²) in [5.41, 5.74) is 1.84. The number of halogens is 4. The highest BCUT2D eigenvalue weighted by Gasteiger charge is 2.16. The molecule has 1 N–H and O–H groups in total. The van der Waals surface area contributed by atoms with Gasteiger partial charge in [-0.1, -0.05) is 28.1 Å². The monoisotopic (exact) mass is 338 g/mol. The third-order valence-corrected chi connectivity index (χ3v) is 3.09. The van der Waals surface area contributed by atoms with Gasteiger partial charge in [-0.2, -0.15) is 0 Å². The van der Waals surface area contributed by atoms with E-state index in [2.05, 4.69) is 41.8 Å². The van der Waals surface area contributed by atoms with Gasteiger partial charge in [0.15, 0.2) is 4.73 Å². The van der Waals surface area contributed by atoms with E-state index in [0.717, 1.165) is 5.56 Å². The Kier molecular flexibility index (Phi) is 3.06. The summed E-state index contributed by atoms with van der Waals surface area (Å²) >= 11 is 6.44. The van der Waals surface area contributed by atoms with E-state index in [-0.39, 0.29) is 5.56 Å². The standard InChI is InChI=1S/C9H6Br2F2N2/c10-3-4-1-2-5(8(12)13)7-6(4)14-9(11)15-7/h1-2,8H,3H2,(H,14,15). The van der Waals surface area contributed by atoms with Crippen molar-refractivity contribution in [2.45, 2.75) is 11.8 Å². The van der Waals surface area contributed by atoms with Gasteiger partial charge in [-0.15, -0.1) is 0 Å². The van der Waals surface area contributed by atoms with Crippen LogP contribution < -0.4 is 0 Å². The van der Waals surface area contributed by atoms with Gasteiger partial charge in [0, 0.05) is 10.9 Å². The maximum Gasteiger partial charge on any atom is 0.265 e. The number of imidazole rings is 1. The molecule has 0 fully saturated rings. The second-order valence-electron chi connectivity index (χ2n) is 3.00. The van der Waals surface area contributed by atoms with E-state index in [4.69, 9.17) is 0 Å². The fraction of sp³-hybridized carbons (Fsp3) is 0.222. The number of nitrogens with one attached hydrogen (secondary N) is 1. The van der Waals surface area contributed by atoms with E-state index in [1.165, 1.54) is 6.07 Å². The molecule has 0 aliphatic heterocycles. The lowest BCUT2D eigenvalue weighted by atomic mass is 10.1. The van der Waals surface area contributed by atoms with Gasteiger partial charge in [0.1, 0.15) is 0 Å². The highest BCUT2D eigenvalue weighted by molar-refractivity contribution is 9.10. The third kappa shape index (κ3) is 1.92. The number of alkyl halides is 3. The lowest BCUT2D eigenvalue weighted by Crippen LogP contribution is -1.89. The second kappa shape index (κ2) is 4.17. The number of H-pyrrole nitrogens is 1. The predicted octanol–water partition coefficient (Wildman–Crippen LogP) is 4.16. The molecular weight excluding hydrogens is 334 g/mol. The zero-order valence-corrected chi connectivity index (χ0v) is 10.6. The molecule has 2 rings (SSSR count). The van der Waals surface area contributed by atoms with Crippen LogP contribution >= 0.6 is 31.9 Å². The van der Waals surface area contributed by atoms with Crippen LogP contribution in [-0.2, 0) is 5.33 Å². The van der Waals surface area contributed by atoms with Crippen molar-refractivity contribution >= 4 is 42.9 Å². The Balaban J connectivity index is 2.76. The highest BCUT2D eigenvalue weighted by Crippen LogP contribution is 2.30. The fourth-order valence-corrected chi connectivity index (χ4v) is 2.26. The Bertz CT molecular complexity index is 496. The summed E-state index contributed by atoms with van der Waals surface area (Å²) in [6.07, 6.45) is -2.50. The van der Waals surface area contributed by atoms with Crippen LogP contribution in [0.5, 0.6) is 0 Å². The first-order valence-electron chi connectivity index (χ1n) is 4.14. The first kappa shape index (κ1) is 11.0. The molecule has 0 aliphatic rings. The molecular formula is C9H6Br2F2N2. The topological polar surface area (TPSA) is 28.7 Å². The van der Waals surface area contributed by atoms with Crippen LogP contribution in [0.25, 0.3) is 11.0 Å². The summed E-state index contributed by atoms with van der Waals surface area (Å²) in [5.74, 6) is 0. The Morgan fingerprint density at radius 1 is 1.40 bits per heavy atom. The summed E-state index contributed by atoms with van der Waals surface area (Å²) in [6, 6.07) is 3.08. The molecule has 0 spiro atoms. The van der Waals surface area contributed by atoms with Crippen LogP contribution in [-0.4, -0.2) is 9.97 Å². The van der Waals surface area contributed by atoms with E-state index in [9.17, 15) is 8.78 Å². The molecule has 0 atom stereocenters. The maximum absolute atomic E-state index is 12.7. The third-order valence-electron chi connectivity index (χ3n) is 2.11. The number of aromatic nitrogens is 2. The Hall–Kier alpha value is -0.490. The SMILES string of the molecule is FC(F)c1ccc(CBr)c2nc(Br)[nH]c12. The van der Waals surface area contributed by atoms with Gasteiger partial charge in [0.25, 0.3) is 6.43 Å². The minimum Gasteiger partial charge on any atom is -0.332 e. The molecule has 2 aromatic rings. The molecule has 0 saturated carbocycles. The van der Waals surface area contributed by atoms with Gasteiger partial charge in [-0.3, -0.25) is 0 Å². The number of rotatable bonds is 2. The van der Waals surface area contributed by atoms with E-state index in [0.29, 0.717) is 21.1 Å². The van der Waals surface area contributed by atoms with Crippen molar-refractivity contribution in [3.8, 4) is 0 Å². The molecule has 0 unspecified atom stereocenters. The predicted molar refractivity (Wildman–Crippen MR) is 61.4 cm³/mol.